The molecule has 1 aliphatic rings. The minimum absolute atomic E-state index is 0.340. The van der Waals surface area contributed by atoms with E-state index in [1.54, 1.807) is 0 Å². The van der Waals surface area contributed by atoms with Crippen LogP contribution in [0.1, 0.15) is 27.2 Å². The zero-order chi connectivity index (χ0) is 10.4. The smallest absolute Gasteiger partial charge is 0.0290 e. The van der Waals surface area contributed by atoms with Gasteiger partial charge in [0.1, 0.15) is 0 Å². The molecule has 0 saturated carbocycles. The van der Waals surface area contributed by atoms with Crippen molar-refractivity contribution in [2.75, 3.05) is 39.3 Å². The molecule has 1 unspecified atom stereocenters. The monoisotopic (exact) mass is 199 g/mol. The molecule has 14 heavy (non-hydrogen) atoms. The number of likely N-dealkylation sites (N-methyl/N-ethyl adjacent to an activating group) is 1. The lowest BCUT2D eigenvalue weighted by Crippen LogP contribution is -2.47. The number of rotatable bonds is 6. The Bertz CT molecular complexity index is 149. The Labute approximate surface area is 88.2 Å². The quantitative estimate of drug-likeness (QED) is 0.658. The van der Waals surface area contributed by atoms with Gasteiger partial charge < -0.3 is 15.5 Å². The second-order valence-corrected chi connectivity index (χ2v) is 4.44. The highest BCUT2D eigenvalue weighted by atomic mass is 15.1. The molecule has 1 aliphatic heterocycles. The first-order valence-corrected chi connectivity index (χ1v) is 5.88. The van der Waals surface area contributed by atoms with Gasteiger partial charge in [-0.2, -0.15) is 0 Å². The summed E-state index contributed by atoms with van der Waals surface area (Å²) in [6.45, 7) is 13.6. The standard InChI is InChI=1S/C11H25N3/c1-4-14(5-2)9-8-13-11(3)6-7-12-10-11/h12-13H,4-10H2,1-3H3. The van der Waals surface area contributed by atoms with Gasteiger partial charge in [0.2, 0.25) is 0 Å². The Hall–Kier alpha value is -0.120. The third-order valence-corrected chi connectivity index (χ3v) is 3.24. The van der Waals surface area contributed by atoms with E-state index in [2.05, 4.69) is 36.3 Å². The molecule has 0 aliphatic carbocycles. The predicted molar refractivity (Wildman–Crippen MR) is 61.7 cm³/mol. The zero-order valence-corrected chi connectivity index (χ0v) is 9.90. The summed E-state index contributed by atoms with van der Waals surface area (Å²) in [5.74, 6) is 0. The van der Waals surface area contributed by atoms with Crippen LogP contribution in [-0.2, 0) is 0 Å². The van der Waals surface area contributed by atoms with Crippen LogP contribution in [0, 0.1) is 0 Å². The van der Waals surface area contributed by atoms with Crippen molar-refractivity contribution in [2.45, 2.75) is 32.7 Å². The maximum Gasteiger partial charge on any atom is 0.0290 e. The van der Waals surface area contributed by atoms with E-state index in [4.69, 9.17) is 0 Å². The second-order valence-electron chi connectivity index (χ2n) is 4.44. The summed E-state index contributed by atoms with van der Waals surface area (Å²) in [6.07, 6.45) is 1.26. The van der Waals surface area contributed by atoms with Crippen molar-refractivity contribution < 1.29 is 0 Å². The minimum atomic E-state index is 0.340. The van der Waals surface area contributed by atoms with Crippen molar-refractivity contribution in [3.63, 3.8) is 0 Å². The average Bonchev–Trinajstić information content (AvgIpc) is 2.60. The van der Waals surface area contributed by atoms with Gasteiger partial charge in [-0.25, -0.2) is 0 Å². The van der Waals surface area contributed by atoms with Gasteiger partial charge in [0, 0.05) is 25.2 Å². The summed E-state index contributed by atoms with van der Waals surface area (Å²) in [5, 5.41) is 7.06. The Morgan fingerprint density at radius 2 is 2.07 bits per heavy atom. The molecule has 1 atom stereocenters. The highest BCUT2D eigenvalue weighted by Gasteiger charge is 2.27. The Morgan fingerprint density at radius 1 is 1.36 bits per heavy atom. The first kappa shape index (κ1) is 12.0. The van der Waals surface area contributed by atoms with Crippen molar-refractivity contribution >= 4 is 0 Å². The van der Waals surface area contributed by atoms with E-state index in [9.17, 15) is 0 Å². The summed E-state index contributed by atoms with van der Waals surface area (Å²) in [7, 11) is 0. The van der Waals surface area contributed by atoms with Crippen LogP contribution >= 0.6 is 0 Å². The topological polar surface area (TPSA) is 27.3 Å². The molecule has 0 aromatic carbocycles. The minimum Gasteiger partial charge on any atom is -0.315 e. The number of hydrogen-bond donors (Lipinski definition) is 2. The molecule has 0 bridgehead atoms. The molecule has 2 N–H and O–H groups in total. The molecule has 1 saturated heterocycles. The van der Waals surface area contributed by atoms with Crippen molar-refractivity contribution in [3.05, 3.63) is 0 Å². The van der Waals surface area contributed by atoms with E-state index in [0.717, 1.165) is 32.7 Å². The fourth-order valence-corrected chi connectivity index (χ4v) is 2.02. The van der Waals surface area contributed by atoms with Gasteiger partial charge in [0.05, 0.1) is 0 Å². The molecule has 1 rings (SSSR count). The molecule has 0 amide bonds. The van der Waals surface area contributed by atoms with Gasteiger partial charge in [-0.3, -0.25) is 0 Å². The van der Waals surface area contributed by atoms with Gasteiger partial charge in [0.25, 0.3) is 0 Å². The van der Waals surface area contributed by atoms with Crippen LogP contribution in [0.3, 0.4) is 0 Å². The fourth-order valence-electron chi connectivity index (χ4n) is 2.02. The highest BCUT2D eigenvalue weighted by Crippen LogP contribution is 2.12. The lowest BCUT2D eigenvalue weighted by atomic mass is 10.0. The van der Waals surface area contributed by atoms with Crippen LogP contribution < -0.4 is 10.6 Å². The van der Waals surface area contributed by atoms with E-state index >= 15 is 0 Å². The SMILES string of the molecule is CCN(CC)CCNC1(C)CCNC1. The summed E-state index contributed by atoms with van der Waals surface area (Å²) >= 11 is 0. The van der Waals surface area contributed by atoms with E-state index < -0.39 is 0 Å². The molecule has 0 radical (unpaired) electrons. The van der Waals surface area contributed by atoms with Gasteiger partial charge in [-0.1, -0.05) is 13.8 Å². The van der Waals surface area contributed by atoms with Crippen molar-refractivity contribution in [2.24, 2.45) is 0 Å². The average molecular weight is 199 g/mol. The molecule has 1 heterocycles. The van der Waals surface area contributed by atoms with E-state index in [-0.39, 0.29) is 0 Å². The lowest BCUT2D eigenvalue weighted by Gasteiger charge is -2.26. The first-order valence-electron chi connectivity index (χ1n) is 5.88. The molecule has 3 nitrogen and oxygen atoms in total. The summed E-state index contributed by atoms with van der Waals surface area (Å²) in [4.78, 5) is 2.46. The predicted octanol–water partition coefficient (Wildman–Crippen LogP) is 0.670. The maximum atomic E-state index is 3.65. The molecular weight excluding hydrogens is 174 g/mol. The Balaban J connectivity index is 2.13. The van der Waals surface area contributed by atoms with Crippen LogP contribution in [0.5, 0.6) is 0 Å². The van der Waals surface area contributed by atoms with Crippen LogP contribution in [-0.4, -0.2) is 49.7 Å². The maximum absolute atomic E-state index is 3.65. The molecule has 1 fully saturated rings. The Morgan fingerprint density at radius 3 is 2.57 bits per heavy atom. The van der Waals surface area contributed by atoms with E-state index in [0.29, 0.717) is 5.54 Å². The highest BCUT2D eigenvalue weighted by molar-refractivity contribution is 4.91. The summed E-state index contributed by atoms with van der Waals surface area (Å²) in [5.41, 5.74) is 0.340. The zero-order valence-electron chi connectivity index (χ0n) is 9.90. The number of nitrogens with zero attached hydrogens (tertiary/aromatic N) is 1. The molecule has 0 spiro atoms. The van der Waals surface area contributed by atoms with Gasteiger partial charge in [-0.05, 0) is 33.0 Å². The number of hydrogen-bond acceptors (Lipinski definition) is 3. The van der Waals surface area contributed by atoms with Crippen molar-refractivity contribution in [1.29, 1.82) is 0 Å². The molecule has 84 valence electrons. The van der Waals surface area contributed by atoms with E-state index in [1.807, 2.05) is 0 Å². The van der Waals surface area contributed by atoms with Crippen molar-refractivity contribution in [1.82, 2.24) is 15.5 Å². The van der Waals surface area contributed by atoms with Gasteiger partial charge in [-0.15, -0.1) is 0 Å². The molecular formula is C11H25N3. The summed E-state index contributed by atoms with van der Waals surface area (Å²) < 4.78 is 0. The normalized spacial score (nSPS) is 27.4. The number of nitrogens with one attached hydrogen (secondary N) is 2. The Kier molecular flexibility index (Phi) is 4.85. The largest absolute Gasteiger partial charge is 0.315 e. The van der Waals surface area contributed by atoms with E-state index in [1.165, 1.54) is 13.0 Å². The van der Waals surface area contributed by atoms with Crippen LogP contribution in [0.15, 0.2) is 0 Å². The third kappa shape index (κ3) is 3.56. The molecule has 3 heteroatoms. The lowest BCUT2D eigenvalue weighted by molar-refractivity contribution is 0.280. The molecule has 0 aromatic rings. The molecule has 0 aromatic heterocycles. The fraction of sp³-hybridized carbons (Fsp3) is 1.00. The third-order valence-electron chi connectivity index (χ3n) is 3.24. The van der Waals surface area contributed by atoms with Crippen LogP contribution in [0.4, 0.5) is 0 Å². The van der Waals surface area contributed by atoms with Crippen LogP contribution in [0.2, 0.25) is 0 Å². The second kappa shape index (κ2) is 5.69. The summed E-state index contributed by atoms with van der Waals surface area (Å²) in [6, 6.07) is 0. The van der Waals surface area contributed by atoms with Gasteiger partial charge >= 0.3 is 0 Å². The van der Waals surface area contributed by atoms with Crippen LogP contribution in [0.25, 0.3) is 0 Å². The van der Waals surface area contributed by atoms with Gasteiger partial charge in [0.15, 0.2) is 0 Å². The van der Waals surface area contributed by atoms with Crippen molar-refractivity contribution in [3.8, 4) is 0 Å². The first-order chi connectivity index (χ1) is 6.70.